The summed E-state index contributed by atoms with van der Waals surface area (Å²) in [6.45, 7) is 7.27. The number of rotatable bonds is 2. The van der Waals surface area contributed by atoms with Crippen LogP contribution in [-0.2, 0) is 9.63 Å². The number of carbonyl (C=O) groups is 1. The summed E-state index contributed by atoms with van der Waals surface area (Å²) in [5.74, 6) is 0.898. The monoisotopic (exact) mass is 228 g/mol. The van der Waals surface area contributed by atoms with Crippen molar-refractivity contribution >= 4 is 5.91 Å². The van der Waals surface area contributed by atoms with Gasteiger partial charge in [0, 0.05) is 13.6 Å². The molecule has 94 valence electrons. The molecule has 3 heterocycles. The van der Waals surface area contributed by atoms with Crippen molar-refractivity contribution in [2.75, 3.05) is 33.8 Å². The van der Waals surface area contributed by atoms with Crippen molar-refractivity contribution in [3.63, 3.8) is 0 Å². The zero-order valence-electron chi connectivity index (χ0n) is 10.9. The first kappa shape index (κ1) is 13.5. The van der Waals surface area contributed by atoms with Crippen molar-refractivity contribution in [1.29, 1.82) is 0 Å². The maximum absolute atomic E-state index is 11.9. The lowest BCUT2D eigenvalue weighted by molar-refractivity contribution is -0.179. The smallest absolute Gasteiger partial charge is 0.250 e. The summed E-state index contributed by atoms with van der Waals surface area (Å²) in [6.07, 6.45) is 2.35. The van der Waals surface area contributed by atoms with Crippen molar-refractivity contribution in [3.05, 3.63) is 0 Å². The maximum atomic E-state index is 11.9. The average Bonchev–Trinajstić information content (AvgIpc) is 2.40. The number of nitrogens with zero attached hydrogens (tertiary/aromatic N) is 2. The molecule has 0 radical (unpaired) electrons. The third-order valence-electron chi connectivity index (χ3n) is 3.56. The highest BCUT2D eigenvalue weighted by Gasteiger charge is 2.39. The predicted molar refractivity (Wildman–Crippen MR) is 63.8 cm³/mol. The third-order valence-corrected chi connectivity index (χ3v) is 3.56. The second-order valence-corrected chi connectivity index (χ2v) is 4.26. The van der Waals surface area contributed by atoms with E-state index in [1.165, 1.54) is 31.0 Å². The average molecular weight is 228 g/mol. The molecule has 0 aliphatic carbocycles. The van der Waals surface area contributed by atoms with Crippen LogP contribution in [0.25, 0.3) is 0 Å². The van der Waals surface area contributed by atoms with Crippen LogP contribution in [0, 0.1) is 11.8 Å². The summed E-state index contributed by atoms with van der Waals surface area (Å²) in [5, 5.41) is 1.37. The van der Waals surface area contributed by atoms with Crippen LogP contribution in [0.3, 0.4) is 0 Å². The zero-order chi connectivity index (χ0) is 12.1. The lowest BCUT2D eigenvalue weighted by atomic mass is 9.78. The topological polar surface area (TPSA) is 32.8 Å². The molecule has 3 rings (SSSR count). The van der Waals surface area contributed by atoms with Crippen molar-refractivity contribution in [3.8, 4) is 0 Å². The first-order valence-electron chi connectivity index (χ1n) is 6.26. The molecule has 1 amide bonds. The number of fused-ring (bicyclic) bond motifs is 3. The molecule has 0 saturated carbocycles. The van der Waals surface area contributed by atoms with Crippen LogP contribution in [-0.4, -0.2) is 49.7 Å². The predicted octanol–water partition coefficient (Wildman–Crippen LogP) is 1.37. The molecule has 2 bridgehead atoms. The van der Waals surface area contributed by atoms with E-state index < -0.39 is 0 Å². The lowest BCUT2D eigenvalue weighted by Crippen LogP contribution is -2.52. The SMILES string of the molecule is CC.CON(C)C(=O)C1CN2CCC1CC2. The summed E-state index contributed by atoms with van der Waals surface area (Å²) in [7, 11) is 3.24. The molecule has 0 aromatic rings. The normalized spacial score (nSPS) is 31.6. The van der Waals surface area contributed by atoms with Crippen LogP contribution in [0.4, 0.5) is 0 Å². The maximum Gasteiger partial charge on any atom is 0.250 e. The van der Waals surface area contributed by atoms with Crippen LogP contribution in [0.1, 0.15) is 26.7 Å². The van der Waals surface area contributed by atoms with Gasteiger partial charge in [0.1, 0.15) is 0 Å². The molecule has 3 fully saturated rings. The Morgan fingerprint density at radius 1 is 1.31 bits per heavy atom. The number of piperidine rings is 3. The fourth-order valence-electron chi connectivity index (χ4n) is 2.57. The second-order valence-electron chi connectivity index (χ2n) is 4.26. The molecule has 3 aliphatic rings. The molecule has 1 atom stereocenters. The molecule has 16 heavy (non-hydrogen) atoms. The molecule has 1 unspecified atom stereocenters. The summed E-state index contributed by atoms with van der Waals surface area (Å²) >= 11 is 0. The van der Waals surface area contributed by atoms with Gasteiger partial charge in [-0.1, -0.05) is 13.8 Å². The van der Waals surface area contributed by atoms with Gasteiger partial charge in [0.05, 0.1) is 13.0 Å². The summed E-state index contributed by atoms with van der Waals surface area (Å²) in [4.78, 5) is 19.2. The van der Waals surface area contributed by atoms with Gasteiger partial charge in [-0.05, 0) is 31.8 Å². The molecular formula is C12H24N2O2. The van der Waals surface area contributed by atoms with Gasteiger partial charge in [0.2, 0.25) is 0 Å². The van der Waals surface area contributed by atoms with Crippen LogP contribution in [0.2, 0.25) is 0 Å². The summed E-state index contributed by atoms with van der Waals surface area (Å²) in [5.41, 5.74) is 0. The largest absolute Gasteiger partial charge is 0.303 e. The molecule has 4 nitrogen and oxygen atoms in total. The lowest BCUT2D eigenvalue weighted by Gasteiger charge is -2.44. The van der Waals surface area contributed by atoms with E-state index in [1.807, 2.05) is 13.8 Å². The zero-order valence-corrected chi connectivity index (χ0v) is 10.9. The fourth-order valence-corrected chi connectivity index (χ4v) is 2.57. The highest BCUT2D eigenvalue weighted by Crippen LogP contribution is 2.33. The van der Waals surface area contributed by atoms with Crippen molar-refractivity contribution in [2.24, 2.45) is 11.8 Å². The second kappa shape index (κ2) is 6.21. The van der Waals surface area contributed by atoms with E-state index >= 15 is 0 Å². The Bertz CT molecular complexity index is 225. The number of hydrogen-bond donors (Lipinski definition) is 0. The Balaban J connectivity index is 0.000000606. The summed E-state index contributed by atoms with van der Waals surface area (Å²) in [6, 6.07) is 0. The molecule has 0 aromatic heterocycles. The number of carbonyl (C=O) groups excluding carboxylic acids is 1. The Kier molecular flexibility index (Phi) is 5.22. The number of hydroxylamine groups is 2. The van der Waals surface area contributed by atoms with Gasteiger partial charge in [-0.3, -0.25) is 9.63 Å². The van der Waals surface area contributed by atoms with Crippen molar-refractivity contribution in [1.82, 2.24) is 9.96 Å². The van der Waals surface area contributed by atoms with Crippen LogP contribution in [0.15, 0.2) is 0 Å². The minimum atomic E-state index is 0.141. The Hall–Kier alpha value is -0.610. The number of hydrogen-bond acceptors (Lipinski definition) is 3. The highest BCUT2D eigenvalue weighted by atomic mass is 16.7. The molecule has 0 aromatic carbocycles. The van der Waals surface area contributed by atoms with E-state index in [0.29, 0.717) is 5.92 Å². The molecular weight excluding hydrogens is 204 g/mol. The first-order valence-corrected chi connectivity index (χ1v) is 6.26. The number of amides is 1. The molecule has 3 saturated heterocycles. The Morgan fingerprint density at radius 3 is 2.25 bits per heavy atom. The van der Waals surface area contributed by atoms with Gasteiger partial charge in [-0.15, -0.1) is 0 Å². The third kappa shape index (κ3) is 2.74. The van der Waals surface area contributed by atoms with Gasteiger partial charge in [0.15, 0.2) is 0 Å². The van der Waals surface area contributed by atoms with Gasteiger partial charge in [-0.2, -0.15) is 0 Å². The van der Waals surface area contributed by atoms with E-state index in [4.69, 9.17) is 4.84 Å². The van der Waals surface area contributed by atoms with Crippen LogP contribution >= 0.6 is 0 Å². The van der Waals surface area contributed by atoms with E-state index in [2.05, 4.69) is 4.90 Å². The standard InChI is InChI=1S/C10H18N2O2.C2H6/c1-11(14-2)10(13)9-7-12-5-3-8(9)4-6-12;1-2/h8-9H,3-7H2,1-2H3;1-2H3. The van der Waals surface area contributed by atoms with Crippen LogP contribution in [0.5, 0.6) is 0 Å². The molecule has 0 spiro atoms. The van der Waals surface area contributed by atoms with E-state index in [0.717, 1.165) is 6.54 Å². The Labute approximate surface area is 98.5 Å². The molecule has 0 N–H and O–H groups in total. The Morgan fingerprint density at radius 2 is 1.88 bits per heavy atom. The van der Waals surface area contributed by atoms with Crippen molar-refractivity contribution in [2.45, 2.75) is 26.7 Å². The van der Waals surface area contributed by atoms with Crippen LogP contribution < -0.4 is 0 Å². The van der Waals surface area contributed by atoms with Gasteiger partial charge >= 0.3 is 0 Å². The first-order chi connectivity index (χ1) is 7.72. The van der Waals surface area contributed by atoms with E-state index in [1.54, 1.807) is 14.2 Å². The highest BCUT2D eigenvalue weighted by molar-refractivity contribution is 5.78. The quantitative estimate of drug-likeness (QED) is 0.669. The molecule has 3 aliphatic heterocycles. The fraction of sp³-hybridized carbons (Fsp3) is 0.917. The van der Waals surface area contributed by atoms with Gasteiger partial charge in [0.25, 0.3) is 5.91 Å². The van der Waals surface area contributed by atoms with Gasteiger partial charge < -0.3 is 4.90 Å². The van der Waals surface area contributed by atoms with E-state index in [9.17, 15) is 4.79 Å². The molecule has 4 heteroatoms. The minimum absolute atomic E-state index is 0.141. The summed E-state index contributed by atoms with van der Waals surface area (Å²) < 4.78 is 0. The minimum Gasteiger partial charge on any atom is -0.303 e. The van der Waals surface area contributed by atoms with Gasteiger partial charge in [-0.25, -0.2) is 5.06 Å². The van der Waals surface area contributed by atoms with E-state index in [-0.39, 0.29) is 11.8 Å². The van der Waals surface area contributed by atoms with Crippen molar-refractivity contribution < 1.29 is 9.63 Å².